The first-order valence-corrected chi connectivity index (χ1v) is 8.55. The summed E-state index contributed by atoms with van der Waals surface area (Å²) in [6.07, 6.45) is 1.81. The Morgan fingerprint density at radius 3 is 2.35 bits per heavy atom. The Hall–Kier alpha value is -2.15. The van der Waals surface area contributed by atoms with E-state index in [0.29, 0.717) is 5.69 Å². The molecule has 1 heterocycles. The van der Waals surface area contributed by atoms with Crippen LogP contribution in [0.5, 0.6) is 0 Å². The highest BCUT2D eigenvalue weighted by Gasteiger charge is 2.11. The quantitative estimate of drug-likeness (QED) is 0.784. The average Bonchev–Trinajstić information content (AvgIpc) is 2.99. The number of nitrogens with zero attached hydrogens (tertiary/aromatic N) is 1. The van der Waals surface area contributed by atoms with E-state index >= 15 is 0 Å². The molecular weight excluding hydrogens is 339 g/mol. The molecule has 118 valence electrons. The van der Waals surface area contributed by atoms with Crippen LogP contribution >= 0.6 is 11.6 Å². The van der Waals surface area contributed by atoms with Gasteiger partial charge in [-0.1, -0.05) is 23.7 Å². The molecule has 0 fully saturated rings. The van der Waals surface area contributed by atoms with Crippen LogP contribution in [0.15, 0.2) is 65.7 Å². The summed E-state index contributed by atoms with van der Waals surface area (Å²) in [4.78, 5) is 0.0455. The van der Waals surface area contributed by atoms with Crippen LogP contribution in [0.25, 0.3) is 16.9 Å². The fraction of sp³-hybridized carbons (Fsp3) is 0. The van der Waals surface area contributed by atoms with Crippen LogP contribution in [0.3, 0.4) is 0 Å². The van der Waals surface area contributed by atoms with Crippen molar-refractivity contribution in [3.05, 3.63) is 71.6 Å². The van der Waals surface area contributed by atoms with Crippen molar-refractivity contribution in [2.24, 2.45) is 5.14 Å². The van der Waals surface area contributed by atoms with E-state index < -0.39 is 15.8 Å². The lowest BCUT2D eigenvalue weighted by Gasteiger charge is -2.10. The monoisotopic (exact) mass is 350 g/mol. The minimum Gasteiger partial charge on any atom is -0.317 e. The largest absolute Gasteiger partial charge is 0.317 e. The van der Waals surface area contributed by atoms with Gasteiger partial charge in [0, 0.05) is 11.9 Å². The number of aromatic nitrogens is 1. The van der Waals surface area contributed by atoms with Crippen LogP contribution < -0.4 is 5.14 Å². The number of hydrogen-bond donors (Lipinski definition) is 1. The van der Waals surface area contributed by atoms with Gasteiger partial charge in [-0.2, -0.15) is 0 Å². The van der Waals surface area contributed by atoms with Gasteiger partial charge in [-0.05, 0) is 48.0 Å². The molecule has 0 saturated carbocycles. The maximum absolute atomic E-state index is 13.3. The maximum atomic E-state index is 13.3. The van der Waals surface area contributed by atoms with Gasteiger partial charge >= 0.3 is 0 Å². The summed E-state index contributed by atoms with van der Waals surface area (Å²) in [6.45, 7) is 0. The molecule has 0 radical (unpaired) electrons. The van der Waals surface area contributed by atoms with Gasteiger partial charge in [0.05, 0.1) is 15.6 Å². The predicted octanol–water partition coefficient (Wildman–Crippen LogP) is 3.58. The Morgan fingerprint density at radius 1 is 1.04 bits per heavy atom. The Bertz CT molecular complexity index is 966. The molecule has 2 aromatic carbocycles. The molecular formula is C16H12ClFN2O2S. The normalized spacial score (nSPS) is 11.6. The van der Waals surface area contributed by atoms with Gasteiger partial charge in [0.25, 0.3) is 0 Å². The lowest BCUT2D eigenvalue weighted by atomic mass is 10.1. The Labute approximate surface area is 138 Å². The maximum Gasteiger partial charge on any atom is 0.238 e. The Balaban J connectivity index is 2.05. The minimum atomic E-state index is -3.73. The summed E-state index contributed by atoms with van der Waals surface area (Å²) in [5, 5.41) is 5.13. The van der Waals surface area contributed by atoms with Crippen LogP contribution in [-0.2, 0) is 10.0 Å². The predicted molar refractivity (Wildman–Crippen MR) is 87.5 cm³/mol. The van der Waals surface area contributed by atoms with Crippen molar-refractivity contribution in [3.63, 3.8) is 0 Å². The molecule has 0 aliphatic rings. The second-order valence-electron chi connectivity index (χ2n) is 4.93. The molecule has 2 N–H and O–H groups in total. The zero-order valence-electron chi connectivity index (χ0n) is 11.8. The summed E-state index contributed by atoms with van der Waals surface area (Å²) >= 11 is 5.83. The van der Waals surface area contributed by atoms with E-state index in [4.69, 9.17) is 16.7 Å². The SMILES string of the molecule is NS(=O)(=O)c1ccc(-c2cccn2-c2ccc(F)c(Cl)c2)cc1. The van der Waals surface area contributed by atoms with E-state index in [1.165, 1.54) is 24.3 Å². The van der Waals surface area contributed by atoms with E-state index in [-0.39, 0.29) is 9.92 Å². The van der Waals surface area contributed by atoms with Crippen LogP contribution in [0.1, 0.15) is 0 Å². The molecule has 0 aliphatic carbocycles. The number of nitrogens with two attached hydrogens (primary N) is 1. The van der Waals surface area contributed by atoms with Crippen molar-refractivity contribution < 1.29 is 12.8 Å². The van der Waals surface area contributed by atoms with Gasteiger partial charge in [0.1, 0.15) is 5.82 Å². The zero-order chi connectivity index (χ0) is 16.6. The molecule has 23 heavy (non-hydrogen) atoms. The van der Waals surface area contributed by atoms with Crippen molar-refractivity contribution in [1.82, 2.24) is 4.57 Å². The highest BCUT2D eigenvalue weighted by Crippen LogP contribution is 2.27. The number of sulfonamides is 1. The van der Waals surface area contributed by atoms with Gasteiger partial charge in [-0.3, -0.25) is 0 Å². The Kier molecular flexibility index (Phi) is 3.97. The fourth-order valence-electron chi connectivity index (χ4n) is 2.29. The average molecular weight is 351 g/mol. The van der Waals surface area contributed by atoms with Crippen molar-refractivity contribution in [3.8, 4) is 16.9 Å². The smallest absolute Gasteiger partial charge is 0.238 e. The van der Waals surface area contributed by atoms with Crippen molar-refractivity contribution in [1.29, 1.82) is 0 Å². The Morgan fingerprint density at radius 2 is 1.74 bits per heavy atom. The molecule has 0 aliphatic heterocycles. The topological polar surface area (TPSA) is 65.1 Å². The van der Waals surface area contributed by atoms with Crippen LogP contribution in [0.4, 0.5) is 4.39 Å². The molecule has 0 saturated heterocycles. The molecule has 4 nitrogen and oxygen atoms in total. The third-order valence-corrected chi connectivity index (χ3v) is 4.63. The van der Waals surface area contributed by atoms with Gasteiger partial charge in [-0.25, -0.2) is 17.9 Å². The number of primary sulfonamides is 1. The molecule has 1 aromatic heterocycles. The van der Waals surface area contributed by atoms with Crippen LogP contribution in [0, 0.1) is 5.82 Å². The van der Waals surface area contributed by atoms with Gasteiger partial charge in [0.15, 0.2) is 0 Å². The van der Waals surface area contributed by atoms with Crippen molar-refractivity contribution in [2.45, 2.75) is 4.90 Å². The lowest BCUT2D eigenvalue weighted by Crippen LogP contribution is -2.11. The number of halogens is 2. The molecule has 0 spiro atoms. The van der Waals surface area contributed by atoms with Crippen LogP contribution in [-0.4, -0.2) is 13.0 Å². The highest BCUT2D eigenvalue weighted by atomic mass is 35.5. The molecule has 3 rings (SSSR count). The number of benzene rings is 2. The summed E-state index contributed by atoms with van der Waals surface area (Å²) in [5.41, 5.74) is 2.31. The molecule has 0 unspecified atom stereocenters. The number of rotatable bonds is 3. The second-order valence-corrected chi connectivity index (χ2v) is 6.90. The van der Waals surface area contributed by atoms with Gasteiger partial charge in [-0.15, -0.1) is 0 Å². The van der Waals surface area contributed by atoms with E-state index in [9.17, 15) is 12.8 Å². The standard InChI is InChI=1S/C16H12ClFN2O2S/c17-14-10-12(5-8-15(14)18)20-9-1-2-16(20)11-3-6-13(7-4-11)23(19,21)22/h1-10H,(H2,19,21,22). The summed E-state index contributed by atoms with van der Waals surface area (Å²) in [6, 6.07) is 14.4. The third kappa shape index (κ3) is 3.14. The third-order valence-electron chi connectivity index (χ3n) is 3.41. The van der Waals surface area contributed by atoms with Crippen molar-refractivity contribution in [2.75, 3.05) is 0 Å². The summed E-state index contributed by atoms with van der Waals surface area (Å²) < 4.78 is 37.8. The first-order chi connectivity index (χ1) is 10.9. The first-order valence-electron chi connectivity index (χ1n) is 6.62. The fourth-order valence-corrected chi connectivity index (χ4v) is 2.98. The van der Waals surface area contributed by atoms with Crippen molar-refractivity contribution >= 4 is 21.6 Å². The van der Waals surface area contributed by atoms with Gasteiger partial charge < -0.3 is 4.57 Å². The first kappa shape index (κ1) is 15.7. The highest BCUT2D eigenvalue weighted by molar-refractivity contribution is 7.89. The van der Waals surface area contributed by atoms with E-state index in [2.05, 4.69) is 0 Å². The summed E-state index contributed by atoms with van der Waals surface area (Å²) in [7, 11) is -3.73. The molecule has 0 bridgehead atoms. The van der Waals surface area contributed by atoms with E-state index in [1.54, 1.807) is 18.2 Å². The second kappa shape index (κ2) is 5.81. The molecule has 0 atom stereocenters. The summed E-state index contributed by atoms with van der Waals surface area (Å²) in [5.74, 6) is -0.485. The molecule has 0 amide bonds. The molecule has 3 aromatic rings. The number of hydrogen-bond acceptors (Lipinski definition) is 2. The molecule has 7 heteroatoms. The van der Waals surface area contributed by atoms with E-state index in [1.807, 2.05) is 22.9 Å². The van der Waals surface area contributed by atoms with E-state index in [0.717, 1.165) is 11.3 Å². The van der Waals surface area contributed by atoms with Gasteiger partial charge in [0.2, 0.25) is 10.0 Å². The van der Waals surface area contributed by atoms with Crippen LogP contribution in [0.2, 0.25) is 5.02 Å². The zero-order valence-corrected chi connectivity index (χ0v) is 13.4. The lowest BCUT2D eigenvalue weighted by molar-refractivity contribution is 0.598. The minimum absolute atomic E-state index is 0.0340.